The number of halogens is 1. The van der Waals surface area contributed by atoms with Gasteiger partial charge in [-0.15, -0.1) is 0 Å². The lowest BCUT2D eigenvalue weighted by atomic mass is 10.1. The van der Waals surface area contributed by atoms with Gasteiger partial charge in [0.25, 0.3) is 0 Å². The zero-order valence-corrected chi connectivity index (χ0v) is 21.7. The van der Waals surface area contributed by atoms with Crippen LogP contribution in [-0.4, -0.2) is 42.9 Å². The maximum Gasteiger partial charge on any atom is 0.230 e. The van der Waals surface area contributed by atoms with Gasteiger partial charge in [0, 0.05) is 13.1 Å². The van der Waals surface area contributed by atoms with Gasteiger partial charge in [-0.05, 0) is 36.0 Å². The second kappa shape index (κ2) is 13.6. The average molecular weight is 518 g/mol. The Hall–Kier alpha value is -3.19. The van der Waals surface area contributed by atoms with Crippen molar-refractivity contribution in [3.8, 4) is 0 Å². The summed E-state index contributed by atoms with van der Waals surface area (Å²) in [5.41, 5.74) is 3.11. The molecular formula is C32H36FNO4. The summed E-state index contributed by atoms with van der Waals surface area (Å²) in [5, 5.41) is 0. The Balaban J connectivity index is 1.38. The van der Waals surface area contributed by atoms with Crippen molar-refractivity contribution in [3.63, 3.8) is 0 Å². The number of ether oxygens (including phenoxy) is 4. The van der Waals surface area contributed by atoms with Gasteiger partial charge in [-0.25, -0.2) is 0 Å². The Morgan fingerprint density at radius 1 is 0.711 bits per heavy atom. The van der Waals surface area contributed by atoms with Crippen LogP contribution >= 0.6 is 0 Å². The molecule has 3 aromatic carbocycles. The van der Waals surface area contributed by atoms with Gasteiger partial charge in [-0.1, -0.05) is 91.0 Å². The molecule has 0 bridgehead atoms. The minimum atomic E-state index is -0.689. The fourth-order valence-corrected chi connectivity index (χ4v) is 4.94. The number of likely N-dealkylation sites (tertiary alicyclic amines) is 1. The van der Waals surface area contributed by atoms with Gasteiger partial charge in [0.15, 0.2) is 11.9 Å². The van der Waals surface area contributed by atoms with Gasteiger partial charge in [-0.3, -0.25) is 0 Å². The molecule has 5 nitrogen and oxygen atoms in total. The van der Waals surface area contributed by atoms with Crippen molar-refractivity contribution in [2.24, 2.45) is 0 Å². The van der Waals surface area contributed by atoms with Crippen molar-refractivity contribution in [2.45, 2.75) is 57.4 Å². The summed E-state index contributed by atoms with van der Waals surface area (Å²) in [4.78, 5) is 1.78. The molecule has 2 aliphatic heterocycles. The molecule has 0 amide bonds. The largest absolute Gasteiger partial charge is 0.482 e. The number of nitrogens with zero attached hydrogens (tertiary/aromatic N) is 1. The average Bonchev–Trinajstić information content (AvgIpc) is 3.33. The van der Waals surface area contributed by atoms with Crippen LogP contribution in [0.2, 0.25) is 0 Å². The molecule has 0 spiro atoms. The molecule has 3 atom stereocenters. The predicted molar refractivity (Wildman–Crippen MR) is 145 cm³/mol. The molecule has 2 saturated heterocycles. The van der Waals surface area contributed by atoms with E-state index in [1.165, 1.54) is 0 Å². The quantitative estimate of drug-likeness (QED) is 0.275. The van der Waals surface area contributed by atoms with Crippen LogP contribution in [0.1, 0.15) is 36.0 Å². The summed E-state index contributed by atoms with van der Waals surface area (Å²) < 4.78 is 41.1. The third-order valence-corrected chi connectivity index (χ3v) is 6.99. The molecule has 200 valence electrons. The fourth-order valence-electron chi connectivity index (χ4n) is 4.94. The standard InChI is InChI=1S/C32H36FNO4/c33-32(34-19-11-4-12-20-34)31-30(37-23-27-17-9-3-10-18-27)29(36-22-26-15-7-2-8-16-26)28(38-31)24-35-21-25-13-5-1-6-14-25/h1-3,5-10,13-18,28-30H,4,11-12,19-24H2/b32-31+/t28-,29-,30+/m1/s1. The van der Waals surface area contributed by atoms with Crippen LogP contribution in [0.4, 0.5) is 4.39 Å². The molecule has 6 heteroatoms. The lowest BCUT2D eigenvalue weighted by Gasteiger charge is -2.28. The van der Waals surface area contributed by atoms with Gasteiger partial charge in [-0.2, -0.15) is 4.39 Å². The Bertz CT molecular complexity index is 1140. The Kier molecular flexibility index (Phi) is 9.43. The molecule has 0 saturated carbocycles. The number of hydrogen-bond donors (Lipinski definition) is 0. The van der Waals surface area contributed by atoms with Crippen LogP contribution in [0.5, 0.6) is 0 Å². The van der Waals surface area contributed by atoms with Gasteiger partial charge >= 0.3 is 0 Å². The van der Waals surface area contributed by atoms with E-state index in [2.05, 4.69) is 0 Å². The van der Waals surface area contributed by atoms with Crippen LogP contribution in [0, 0.1) is 0 Å². The molecule has 2 heterocycles. The molecule has 0 aliphatic carbocycles. The Labute approximate surface area is 224 Å². The zero-order chi connectivity index (χ0) is 26.0. The third-order valence-electron chi connectivity index (χ3n) is 6.99. The van der Waals surface area contributed by atoms with Crippen molar-refractivity contribution >= 4 is 0 Å². The second-order valence-electron chi connectivity index (χ2n) is 9.84. The Morgan fingerprint density at radius 2 is 1.24 bits per heavy atom. The van der Waals surface area contributed by atoms with E-state index in [-0.39, 0.29) is 18.3 Å². The first-order valence-electron chi connectivity index (χ1n) is 13.5. The molecule has 5 rings (SSSR count). The molecule has 38 heavy (non-hydrogen) atoms. The molecule has 0 N–H and O–H groups in total. The maximum atomic E-state index is 16.0. The highest BCUT2D eigenvalue weighted by molar-refractivity contribution is 5.19. The molecule has 3 aromatic rings. The number of rotatable bonds is 11. The Morgan fingerprint density at radius 3 is 1.82 bits per heavy atom. The lowest BCUT2D eigenvalue weighted by Crippen LogP contribution is -2.37. The minimum absolute atomic E-state index is 0.217. The van der Waals surface area contributed by atoms with Crippen LogP contribution in [0.15, 0.2) is 103 Å². The van der Waals surface area contributed by atoms with E-state index in [1.807, 2.05) is 91.0 Å². The zero-order valence-electron chi connectivity index (χ0n) is 21.7. The smallest absolute Gasteiger partial charge is 0.230 e. The van der Waals surface area contributed by atoms with Gasteiger partial charge in [0.1, 0.15) is 12.2 Å². The molecule has 2 fully saturated rings. The van der Waals surface area contributed by atoms with Crippen molar-refractivity contribution < 1.29 is 23.3 Å². The molecule has 0 radical (unpaired) electrons. The van der Waals surface area contributed by atoms with Crippen LogP contribution in [-0.2, 0) is 38.8 Å². The number of hydrogen-bond acceptors (Lipinski definition) is 5. The first kappa shape index (κ1) is 26.4. The highest BCUT2D eigenvalue weighted by Crippen LogP contribution is 2.35. The van der Waals surface area contributed by atoms with E-state index < -0.39 is 18.3 Å². The van der Waals surface area contributed by atoms with E-state index in [1.54, 1.807) is 4.90 Å². The lowest BCUT2D eigenvalue weighted by molar-refractivity contribution is -0.0894. The number of piperidine rings is 1. The monoisotopic (exact) mass is 517 g/mol. The second-order valence-corrected chi connectivity index (χ2v) is 9.84. The summed E-state index contributed by atoms with van der Waals surface area (Å²) in [6, 6.07) is 29.9. The van der Waals surface area contributed by atoms with E-state index >= 15 is 4.39 Å². The molecule has 0 unspecified atom stereocenters. The van der Waals surface area contributed by atoms with Crippen molar-refractivity contribution in [3.05, 3.63) is 119 Å². The van der Waals surface area contributed by atoms with E-state index in [4.69, 9.17) is 18.9 Å². The van der Waals surface area contributed by atoms with Crippen LogP contribution < -0.4 is 0 Å². The first-order chi connectivity index (χ1) is 18.8. The predicted octanol–water partition coefficient (Wildman–Crippen LogP) is 6.40. The van der Waals surface area contributed by atoms with Crippen molar-refractivity contribution in [1.82, 2.24) is 4.90 Å². The summed E-state index contributed by atoms with van der Waals surface area (Å²) in [5.74, 6) is -0.129. The SMILES string of the molecule is F/C(=C1\O[C@H](COCc2ccccc2)[C@@H](OCc2ccccc2)[C@@H]1OCc1ccccc1)N1CCCCC1. The summed E-state index contributed by atoms with van der Waals surface area (Å²) in [6.45, 7) is 2.75. The first-order valence-corrected chi connectivity index (χ1v) is 13.5. The normalized spacial score (nSPS) is 22.8. The minimum Gasteiger partial charge on any atom is -0.482 e. The van der Waals surface area contributed by atoms with E-state index in [9.17, 15) is 0 Å². The maximum absolute atomic E-state index is 16.0. The van der Waals surface area contributed by atoms with Crippen LogP contribution in [0.25, 0.3) is 0 Å². The van der Waals surface area contributed by atoms with E-state index in [0.717, 1.165) is 36.0 Å². The topological polar surface area (TPSA) is 40.2 Å². The van der Waals surface area contributed by atoms with Gasteiger partial charge in [0.05, 0.1) is 26.4 Å². The summed E-state index contributed by atoms with van der Waals surface area (Å²) >= 11 is 0. The van der Waals surface area contributed by atoms with Crippen molar-refractivity contribution in [2.75, 3.05) is 19.7 Å². The molecule has 0 aromatic heterocycles. The van der Waals surface area contributed by atoms with Crippen LogP contribution in [0.3, 0.4) is 0 Å². The highest BCUT2D eigenvalue weighted by atomic mass is 19.1. The fraction of sp³-hybridized carbons (Fsp3) is 0.375. The summed E-state index contributed by atoms with van der Waals surface area (Å²) in [7, 11) is 0. The third kappa shape index (κ3) is 7.01. The molecule has 2 aliphatic rings. The molecular weight excluding hydrogens is 481 g/mol. The highest BCUT2D eigenvalue weighted by Gasteiger charge is 2.46. The van der Waals surface area contributed by atoms with Gasteiger partial charge < -0.3 is 23.8 Å². The van der Waals surface area contributed by atoms with E-state index in [0.29, 0.717) is 32.9 Å². The summed E-state index contributed by atoms with van der Waals surface area (Å²) in [6.07, 6.45) is 1.33. The van der Waals surface area contributed by atoms with Crippen molar-refractivity contribution in [1.29, 1.82) is 0 Å². The number of benzene rings is 3. The van der Waals surface area contributed by atoms with Gasteiger partial charge in [0.2, 0.25) is 5.95 Å².